The van der Waals surface area contributed by atoms with Crippen molar-refractivity contribution >= 4 is 33.9 Å². The summed E-state index contributed by atoms with van der Waals surface area (Å²) >= 11 is 1.66. The summed E-state index contributed by atoms with van der Waals surface area (Å²) in [6.07, 6.45) is 7.47. The first-order valence-electron chi connectivity index (χ1n) is 13.6. The fraction of sp³-hybridized carbons (Fsp3) is 0.407. The van der Waals surface area contributed by atoms with Crippen LogP contribution in [0.5, 0.6) is 5.88 Å². The molecule has 5 aromatic rings. The van der Waals surface area contributed by atoms with Gasteiger partial charge in [0.2, 0.25) is 5.88 Å². The Morgan fingerprint density at radius 2 is 1.88 bits per heavy atom. The zero-order valence-corrected chi connectivity index (χ0v) is 24.1. The van der Waals surface area contributed by atoms with Crippen LogP contribution in [0.4, 0.5) is 11.6 Å². The minimum atomic E-state index is -0.0320. The molecule has 14 heteroatoms. The van der Waals surface area contributed by atoms with Gasteiger partial charge in [0.05, 0.1) is 17.8 Å². The lowest BCUT2D eigenvalue weighted by atomic mass is 10.2. The van der Waals surface area contributed by atoms with Crippen molar-refractivity contribution in [1.29, 1.82) is 0 Å². The first kappa shape index (κ1) is 27.2. The molecule has 0 amide bonds. The molecule has 1 aliphatic heterocycles. The second kappa shape index (κ2) is 11.5. The Kier molecular flexibility index (Phi) is 7.62. The van der Waals surface area contributed by atoms with E-state index < -0.39 is 0 Å². The average molecular weight is 576 g/mol. The van der Waals surface area contributed by atoms with Crippen molar-refractivity contribution in [3.05, 3.63) is 41.8 Å². The molecule has 0 bridgehead atoms. The topological polar surface area (TPSA) is 146 Å². The van der Waals surface area contributed by atoms with Gasteiger partial charge in [-0.3, -0.25) is 9.58 Å². The zero-order valence-electron chi connectivity index (χ0n) is 23.3. The Bertz CT molecular complexity index is 1650. The van der Waals surface area contributed by atoms with Crippen LogP contribution in [0.25, 0.3) is 33.0 Å². The fourth-order valence-corrected chi connectivity index (χ4v) is 5.85. The van der Waals surface area contributed by atoms with E-state index in [2.05, 4.69) is 42.2 Å². The minimum Gasteiger partial charge on any atom is -0.493 e. The van der Waals surface area contributed by atoms with Crippen LogP contribution >= 0.6 is 11.3 Å². The molecule has 41 heavy (non-hydrogen) atoms. The highest BCUT2D eigenvalue weighted by Crippen LogP contribution is 2.34. The second-order valence-corrected chi connectivity index (χ2v) is 11.5. The monoisotopic (exact) mass is 575 g/mol. The summed E-state index contributed by atoms with van der Waals surface area (Å²) in [4.78, 5) is 24.3. The lowest BCUT2D eigenvalue weighted by Crippen LogP contribution is -2.43. The molecule has 6 rings (SSSR count). The maximum Gasteiger partial charge on any atom is 0.220 e. The van der Waals surface area contributed by atoms with Gasteiger partial charge in [0.25, 0.3) is 0 Å². The molecule has 0 radical (unpaired) electrons. The van der Waals surface area contributed by atoms with Crippen LogP contribution < -0.4 is 5.32 Å². The molecule has 0 aromatic carbocycles. The van der Waals surface area contributed by atoms with E-state index in [9.17, 15) is 10.2 Å². The van der Waals surface area contributed by atoms with Gasteiger partial charge in [-0.25, -0.2) is 24.6 Å². The number of hydrogen-bond acceptors (Lipinski definition) is 12. The Morgan fingerprint density at radius 1 is 1.05 bits per heavy atom. The van der Waals surface area contributed by atoms with Crippen LogP contribution in [0.2, 0.25) is 0 Å². The number of pyridine rings is 1. The number of fused-ring (bicyclic) bond motifs is 1. The van der Waals surface area contributed by atoms with E-state index in [0.717, 1.165) is 54.3 Å². The number of piperazine rings is 1. The van der Waals surface area contributed by atoms with Crippen LogP contribution in [0.15, 0.2) is 36.9 Å². The summed E-state index contributed by atoms with van der Waals surface area (Å²) in [6, 6.07) is 3.63. The highest BCUT2D eigenvalue weighted by molar-refractivity contribution is 7.15. The molecule has 1 saturated heterocycles. The molecule has 13 nitrogen and oxygen atoms in total. The third-order valence-corrected chi connectivity index (χ3v) is 8.34. The van der Waals surface area contributed by atoms with Crippen LogP contribution in [-0.2, 0) is 13.6 Å². The van der Waals surface area contributed by atoms with Gasteiger partial charge < -0.3 is 20.4 Å². The number of anilines is 2. The number of aliphatic hydroxyl groups is 1. The van der Waals surface area contributed by atoms with Gasteiger partial charge in [-0.1, -0.05) is 0 Å². The van der Waals surface area contributed by atoms with Crippen molar-refractivity contribution in [2.75, 3.05) is 45.2 Å². The molecule has 3 N–H and O–H groups in total. The maximum atomic E-state index is 10.3. The van der Waals surface area contributed by atoms with E-state index in [1.165, 1.54) is 15.8 Å². The van der Waals surface area contributed by atoms with Crippen molar-refractivity contribution in [2.24, 2.45) is 7.05 Å². The molecule has 214 valence electrons. The van der Waals surface area contributed by atoms with Crippen molar-refractivity contribution in [2.45, 2.75) is 25.9 Å². The highest BCUT2D eigenvalue weighted by Gasteiger charge is 2.21. The van der Waals surface area contributed by atoms with Gasteiger partial charge in [0.15, 0.2) is 5.82 Å². The SMILES string of the molecule is CC(CCO)n1nc(-c2ncc(CN3CCN(C)CC3)s2)c2cnc(Nc3ccnc(-c4cnn(C)c4O)n3)cc21. The van der Waals surface area contributed by atoms with E-state index in [1.807, 2.05) is 23.9 Å². The Labute approximate surface area is 241 Å². The van der Waals surface area contributed by atoms with E-state index in [4.69, 9.17) is 10.1 Å². The molecule has 6 heterocycles. The van der Waals surface area contributed by atoms with E-state index >= 15 is 0 Å². The van der Waals surface area contributed by atoms with Gasteiger partial charge in [-0.05, 0) is 26.5 Å². The third kappa shape index (κ3) is 5.63. The molecule has 1 atom stereocenters. The summed E-state index contributed by atoms with van der Waals surface area (Å²) in [5.41, 5.74) is 2.11. The second-order valence-electron chi connectivity index (χ2n) is 10.3. The van der Waals surface area contributed by atoms with Crippen LogP contribution in [-0.4, -0.2) is 99.3 Å². The first-order valence-corrected chi connectivity index (χ1v) is 14.4. The molecule has 5 aromatic heterocycles. The number of aromatic hydroxyl groups is 1. The molecule has 1 fully saturated rings. The molecular weight excluding hydrogens is 542 g/mol. The number of aryl methyl sites for hydroxylation is 1. The average Bonchev–Trinajstić information content (AvgIpc) is 3.67. The van der Waals surface area contributed by atoms with Gasteiger partial charge in [0, 0.05) is 81.3 Å². The highest BCUT2D eigenvalue weighted by atomic mass is 32.1. The van der Waals surface area contributed by atoms with Crippen molar-refractivity contribution < 1.29 is 10.2 Å². The summed E-state index contributed by atoms with van der Waals surface area (Å²) in [7, 11) is 3.81. The number of aromatic nitrogens is 8. The number of rotatable bonds is 9. The van der Waals surface area contributed by atoms with E-state index in [0.29, 0.717) is 29.4 Å². The normalized spacial score (nSPS) is 15.5. The third-order valence-electron chi connectivity index (χ3n) is 7.35. The maximum absolute atomic E-state index is 10.3. The lowest BCUT2D eigenvalue weighted by Gasteiger charge is -2.31. The van der Waals surface area contributed by atoms with Crippen molar-refractivity contribution in [1.82, 2.24) is 49.3 Å². The Balaban J connectivity index is 1.30. The molecule has 0 spiro atoms. The molecule has 0 aliphatic carbocycles. The largest absolute Gasteiger partial charge is 0.493 e. The smallest absolute Gasteiger partial charge is 0.220 e. The fourth-order valence-electron chi connectivity index (χ4n) is 4.90. The summed E-state index contributed by atoms with van der Waals surface area (Å²) in [6.45, 7) is 7.24. The van der Waals surface area contributed by atoms with E-state index in [1.54, 1.807) is 36.8 Å². The Morgan fingerprint density at radius 3 is 2.63 bits per heavy atom. The predicted molar refractivity (Wildman–Crippen MR) is 157 cm³/mol. The van der Waals surface area contributed by atoms with Gasteiger partial charge in [-0.2, -0.15) is 10.2 Å². The van der Waals surface area contributed by atoms with Gasteiger partial charge >= 0.3 is 0 Å². The number of nitrogens with zero attached hydrogens (tertiary/aromatic N) is 10. The summed E-state index contributed by atoms with van der Waals surface area (Å²) < 4.78 is 3.30. The number of aliphatic hydroxyl groups excluding tert-OH is 1. The standard InChI is InChI=1S/C27H33N11O2S/c1-17(5-11-39)38-21-12-23(32-22-4-6-28-25(33-22)20-15-31-36(3)27(20)40)29-14-19(21)24(34-38)26-30-13-18(41-26)16-37-9-7-35(2)8-10-37/h4,6,12-15,17,39-40H,5,7-11,16H2,1-3H3,(H,28,29,32,33). The van der Waals surface area contributed by atoms with Gasteiger partial charge in [0.1, 0.15) is 27.9 Å². The van der Waals surface area contributed by atoms with Crippen LogP contribution in [0, 0.1) is 0 Å². The molecule has 0 saturated carbocycles. The molecule has 1 aliphatic rings. The van der Waals surface area contributed by atoms with Crippen LogP contribution in [0.3, 0.4) is 0 Å². The number of likely N-dealkylation sites (N-methyl/N-ethyl adjacent to an activating group) is 1. The number of nitrogens with one attached hydrogen (secondary N) is 1. The number of thiazole rings is 1. The summed E-state index contributed by atoms with van der Waals surface area (Å²) in [5.74, 6) is 1.44. The van der Waals surface area contributed by atoms with Crippen LogP contribution in [0.1, 0.15) is 24.3 Å². The van der Waals surface area contributed by atoms with Crippen molar-refractivity contribution in [3.8, 4) is 28.0 Å². The quantitative estimate of drug-likeness (QED) is 0.238. The first-order chi connectivity index (χ1) is 19.9. The zero-order chi connectivity index (χ0) is 28.5. The molecular formula is C27H33N11O2S. The number of hydrogen-bond donors (Lipinski definition) is 3. The minimum absolute atomic E-state index is 0.00938. The van der Waals surface area contributed by atoms with E-state index in [-0.39, 0.29) is 18.5 Å². The Hall–Kier alpha value is -3.98. The van der Waals surface area contributed by atoms with Crippen molar-refractivity contribution in [3.63, 3.8) is 0 Å². The lowest BCUT2D eigenvalue weighted by molar-refractivity contribution is 0.149. The molecule has 1 unspecified atom stereocenters. The van der Waals surface area contributed by atoms with Gasteiger partial charge in [-0.15, -0.1) is 11.3 Å². The summed E-state index contributed by atoms with van der Waals surface area (Å²) in [5, 5.41) is 33.9. The predicted octanol–water partition coefficient (Wildman–Crippen LogP) is 2.89.